The third-order valence-electron chi connectivity index (χ3n) is 6.65. The Balaban J connectivity index is 2.29. The van der Waals surface area contributed by atoms with Gasteiger partial charge in [0.1, 0.15) is 23.8 Å². The maximum Gasteiger partial charge on any atom is 0.253 e. The van der Waals surface area contributed by atoms with Gasteiger partial charge < -0.3 is 25.2 Å². The van der Waals surface area contributed by atoms with Crippen LogP contribution in [0.2, 0.25) is 0 Å². The van der Waals surface area contributed by atoms with Gasteiger partial charge in [-0.1, -0.05) is 34.6 Å². The first-order valence-corrected chi connectivity index (χ1v) is 14.3. The van der Waals surface area contributed by atoms with E-state index in [1.807, 2.05) is 13.8 Å². The van der Waals surface area contributed by atoms with Crippen molar-refractivity contribution in [3.8, 4) is 0 Å². The van der Waals surface area contributed by atoms with E-state index >= 15 is 0 Å². The third-order valence-corrected chi connectivity index (χ3v) is 6.65. The number of carbonyl (C=O) groups excluding carboxylic acids is 2. The first kappa shape index (κ1) is 34.3. The molecule has 3 atom stereocenters. The summed E-state index contributed by atoms with van der Waals surface area (Å²) in [7, 11) is 0. The number of benzene rings is 2. The lowest BCUT2D eigenvalue weighted by Crippen LogP contribution is -2.51. The van der Waals surface area contributed by atoms with E-state index in [2.05, 4.69) is 26.1 Å². The van der Waals surface area contributed by atoms with E-state index < -0.39 is 35.8 Å². The van der Waals surface area contributed by atoms with Gasteiger partial charge in [-0.15, -0.1) is 0 Å². The summed E-state index contributed by atoms with van der Waals surface area (Å²) in [5.41, 5.74) is 1.49. The molecule has 3 N–H and O–H groups in total. The molecule has 0 saturated carbocycles. The highest BCUT2D eigenvalue weighted by atomic mass is 19.1. The van der Waals surface area contributed by atoms with Crippen molar-refractivity contribution in [3.63, 3.8) is 0 Å². The number of aliphatic hydroxyl groups is 2. The largest absolute Gasteiger partial charge is 0.388 e. The van der Waals surface area contributed by atoms with E-state index in [4.69, 9.17) is 4.74 Å². The van der Waals surface area contributed by atoms with E-state index in [-0.39, 0.29) is 35.5 Å². The van der Waals surface area contributed by atoms with E-state index in [1.54, 1.807) is 24.0 Å². The standard InChI is InChI=1S/C32H46F2N2O5/c1-7-10-36(11-8-2)31(40)24-14-21(3)13-23(18-24)30(39)35-27(17-22-15-25(33)19-26(34)16-22)29(38)28(37)20-41-12-9-32(4,5)6/h13-16,18-19,27-29,37-38H,7-12,17,20H2,1-6H3,(H,35,39)/t27-,28+,29+/m0/s1. The Bertz CT molecular complexity index is 1130. The summed E-state index contributed by atoms with van der Waals surface area (Å²) in [6.45, 7) is 13.3. The van der Waals surface area contributed by atoms with Crippen molar-refractivity contribution in [1.82, 2.24) is 10.2 Å². The van der Waals surface area contributed by atoms with E-state index in [0.717, 1.165) is 37.5 Å². The predicted octanol–water partition coefficient (Wildman–Crippen LogP) is 5.05. The molecule has 9 heteroatoms. The van der Waals surface area contributed by atoms with Gasteiger partial charge in [-0.2, -0.15) is 0 Å². The number of carbonyl (C=O) groups is 2. The number of rotatable bonds is 15. The van der Waals surface area contributed by atoms with Crippen molar-refractivity contribution >= 4 is 11.8 Å². The van der Waals surface area contributed by atoms with Crippen molar-refractivity contribution in [2.75, 3.05) is 26.3 Å². The average molecular weight is 577 g/mol. The first-order chi connectivity index (χ1) is 19.2. The minimum absolute atomic E-state index is 0.0275. The van der Waals surface area contributed by atoms with Crippen LogP contribution in [0.15, 0.2) is 36.4 Å². The van der Waals surface area contributed by atoms with Crippen molar-refractivity contribution in [1.29, 1.82) is 0 Å². The van der Waals surface area contributed by atoms with Crippen LogP contribution in [-0.4, -0.2) is 71.5 Å². The van der Waals surface area contributed by atoms with Crippen LogP contribution in [-0.2, 0) is 11.2 Å². The topological polar surface area (TPSA) is 99.1 Å². The number of aryl methyl sites for hydroxylation is 1. The van der Waals surface area contributed by atoms with Crippen molar-refractivity contribution < 1.29 is 33.3 Å². The zero-order valence-electron chi connectivity index (χ0n) is 25.2. The van der Waals surface area contributed by atoms with Gasteiger partial charge in [-0.25, -0.2) is 8.78 Å². The quantitative estimate of drug-likeness (QED) is 0.258. The fourth-order valence-electron chi connectivity index (χ4n) is 4.52. The number of ether oxygens (including phenoxy) is 1. The lowest BCUT2D eigenvalue weighted by atomic mass is 9.93. The summed E-state index contributed by atoms with van der Waals surface area (Å²) in [5, 5.41) is 24.4. The van der Waals surface area contributed by atoms with Crippen LogP contribution in [0.25, 0.3) is 0 Å². The fourth-order valence-corrected chi connectivity index (χ4v) is 4.52. The summed E-state index contributed by atoms with van der Waals surface area (Å²) in [6, 6.07) is 6.69. The summed E-state index contributed by atoms with van der Waals surface area (Å²) >= 11 is 0. The van der Waals surface area contributed by atoms with Gasteiger partial charge in [0.25, 0.3) is 11.8 Å². The molecule has 2 aromatic rings. The van der Waals surface area contributed by atoms with Crippen LogP contribution in [0.3, 0.4) is 0 Å². The number of hydrogen-bond acceptors (Lipinski definition) is 5. The maximum absolute atomic E-state index is 13.9. The molecule has 0 aliphatic heterocycles. The molecule has 0 spiro atoms. The van der Waals surface area contributed by atoms with Crippen molar-refractivity contribution in [2.24, 2.45) is 5.41 Å². The van der Waals surface area contributed by atoms with Crippen LogP contribution in [0.5, 0.6) is 0 Å². The number of nitrogens with one attached hydrogen (secondary N) is 1. The molecule has 2 aromatic carbocycles. The molecule has 41 heavy (non-hydrogen) atoms. The molecule has 0 bridgehead atoms. The summed E-state index contributed by atoms with van der Waals surface area (Å²) in [5.74, 6) is -2.37. The Labute approximate surface area is 242 Å². The van der Waals surface area contributed by atoms with E-state index in [1.165, 1.54) is 6.07 Å². The van der Waals surface area contributed by atoms with Crippen LogP contribution in [0.4, 0.5) is 8.78 Å². The van der Waals surface area contributed by atoms with Gasteiger partial charge in [0.05, 0.1) is 12.6 Å². The van der Waals surface area contributed by atoms with Gasteiger partial charge >= 0.3 is 0 Å². The molecule has 0 aliphatic carbocycles. The molecule has 7 nitrogen and oxygen atoms in total. The van der Waals surface area contributed by atoms with E-state index in [9.17, 15) is 28.6 Å². The number of hydrogen-bond donors (Lipinski definition) is 3. The van der Waals surface area contributed by atoms with Crippen LogP contribution < -0.4 is 5.32 Å². The lowest BCUT2D eigenvalue weighted by molar-refractivity contribution is -0.0534. The van der Waals surface area contributed by atoms with Gasteiger partial charge in [0.2, 0.25) is 0 Å². The second-order valence-corrected chi connectivity index (χ2v) is 11.9. The highest BCUT2D eigenvalue weighted by Crippen LogP contribution is 2.19. The minimum Gasteiger partial charge on any atom is -0.388 e. The molecule has 0 unspecified atom stereocenters. The number of amides is 2. The molecule has 0 heterocycles. The molecule has 0 fully saturated rings. The maximum atomic E-state index is 13.9. The molecule has 2 rings (SSSR count). The zero-order valence-corrected chi connectivity index (χ0v) is 25.2. The molecule has 0 saturated heterocycles. The van der Waals surface area contributed by atoms with Crippen LogP contribution in [0.1, 0.15) is 85.7 Å². The Hall–Kier alpha value is -2.88. The van der Waals surface area contributed by atoms with E-state index in [0.29, 0.717) is 30.8 Å². The molecule has 228 valence electrons. The Morgan fingerprint density at radius 2 is 1.54 bits per heavy atom. The predicted molar refractivity (Wildman–Crippen MR) is 156 cm³/mol. The van der Waals surface area contributed by atoms with Gasteiger partial charge in [-0.05, 0) is 79.5 Å². The number of aliphatic hydroxyl groups excluding tert-OH is 2. The Morgan fingerprint density at radius 1 is 0.951 bits per heavy atom. The smallest absolute Gasteiger partial charge is 0.253 e. The average Bonchev–Trinajstić information content (AvgIpc) is 2.88. The molecule has 2 amide bonds. The molecular weight excluding hydrogens is 530 g/mol. The number of halogens is 2. The van der Waals surface area contributed by atoms with Gasteiger partial charge in [-0.3, -0.25) is 9.59 Å². The van der Waals surface area contributed by atoms with Crippen LogP contribution >= 0.6 is 0 Å². The Kier molecular flexibility index (Phi) is 13.3. The summed E-state index contributed by atoms with van der Waals surface area (Å²) < 4.78 is 33.4. The zero-order chi connectivity index (χ0) is 30.7. The fraction of sp³-hybridized carbons (Fsp3) is 0.562. The first-order valence-electron chi connectivity index (χ1n) is 14.3. The second kappa shape index (κ2) is 15.9. The molecule has 0 aliphatic rings. The summed E-state index contributed by atoms with van der Waals surface area (Å²) in [4.78, 5) is 28.4. The summed E-state index contributed by atoms with van der Waals surface area (Å²) in [6.07, 6.45) is -0.693. The van der Waals surface area contributed by atoms with Crippen LogP contribution in [0, 0.1) is 24.0 Å². The molecular formula is C32H46F2N2O5. The SMILES string of the molecule is CCCN(CCC)C(=O)c1cc(C)cc(C(=O)N[C@@H](Cc2cc(F)cc(F)c2)[C@@H](O)[C@H](O)COCCC(C)(C)C)c1. The molecule has 0 radical (unpaired) electrons. The normalized spacial score (nSPS) is 13.9. The third kappa shape index (κ3) is 11.5. The lowest BCUT2D eigenvalue weighted by Gasteiger charge is -2.28. The Morgan fingerprint density at radius 3 is 2.10 bits per heavy atom. The van der Waals surface area contributed by atoms with Gasteiger partial charge in [0, 0.05) is 36.9 Å². The highest BCUT2D eigenvalue weighted by Gasteiger charge is 2.29. The van der Waals surface area contributed by atoms with Crippen molar-refractivity contribution in [2.45, 2.75) is 85.5 Å². The minimum atomic E-state index is -1.50. The monoisotopic (exact) mass is 576 g/mol. The van der Waals surface area contributed by atoms with Crippen molar-refractivity contribution in [3.05, 3.63) is 70.3 Å². The second-order valence-electron chi connectivity index (χ2n) is 11.9. The van der Waals surface area contributed by atoms with Gasteiger partial charge in [0.15, 0.2) is 0 Å². The molecule has 0 aromatic heterocycles. The number of nitrogens with zero attached hydrogens (tertiary/aromatic N) is 1. The highest BCUT2D eigenvalue weighted by molar-refractivity contribution is 6.00.